The van der Waals surface area contributed by atoms with Crippen LogP contribution in [0.2, 0.25) is 10.0 Å². The van der Waals surface area contributed by atoms with Crippen LogP contribution >= 0.6 is 23.2 Å². The fourth-order valence-corrected chi connectivity index (χ4v) is 6.50. The molecule has 1 saturated heterocycles. The van der Waals surface area contributed by atoms with Crippen LogP contribution in [-0.4, -0.2) is 52.5 Å². The van der Waals surface area contributed by atoms with E-state index < -0.39 is 46.9 Å². The maximum Gasteiger partial charge on any atom is 0.343 e. The predicted octanol–water partition coefficient (Wildman–Crippen LogP) is 5.00. The summed E-state index contributed by atoms with van der Waals surface area (Å²) >= 11 is 12.6. The Bertz CT molecular complexity index is 1050. The highest BCUT2D eigenvalue weighted by atomic mass is 35.5. The minimum Gasteiger partial charge on any atom is -0.387 e. The number of carbonyl (C=O) groups excluding carboxylic acids is 2. The van der Waals surface area contributed by atoms with Gasteiger partial charge in [-0.25, -0.2) is 18.6 Å². The van der Waals surface area contributed by atoms with Gasteiger partial charge in [-0.2, -0.15) is 0 Å². The zero-order chi connectivity index (χ0) is 24.3. The van der Waals surface area contributed by atoms with Crippen molar-refractivity contribution in [3.8, 4) is 0 Å². The molecule has 3 saturated carbocycles. The molecule has 1 aliphatic heterocycles. The lowest BCUT2D eigenvalue weighted by Gasteiger charge is -2.37. The molecule has 184 valence electrons. The van der Waals surface area contributed by atoms with Crippen molar-refractivity contribution in [3.05, 3.63) is 33.6 Å². The first-order valence-corrected chi connectivity index (χ1v) is 12.5. The highest BCUT2D eigenvalue weighted by Gasteiger charge is 2.59. The number of hydrogen-bond donors (Lipinski definition) is 2. The molecule has 5 rings (SSSR count). The number of nitrogens with one attached hydrogen (secondary N) is 1. The van der Waals surface area contributed by atoms with E-state index in [1.54, 1.807) is 4.90 Å². The number of likely N-dealkylation sites (tertiary alicyclic amines) is 1. The number of urea groups is 1. The van der Waals surface area contributed by atoms with E-state index in [1.807, 2.05) is 0 Å². The van der Waals surface area contributed by atoms with Crippen LogP contribution in [0.3, 0.4) is 0 Å². The monoisotopic (exact) mass is 513 g/mol. The van der Waals surface area contributed by atoms with Crippen molar-refractivity contribution >= 4 is 40.9 Å². The van der Waals surface area contributed by atoms with Crippen LogP contribution < -0.4 is 5.32 Å². The summed E-state index contributed by atoms with van der Waals surface area (Å²) in [6.45, 7) is 1.28. The van der Waals surface area contributed by atoms with Crippen molar-refractivity contribution in [2.24, 2.45) is 16.3 Å². The lowest BCUT2D eigenvalue weighted by Crippen LogP contribution is -2.42. The van der Waals surface area contributed by atoms with Gasteiger partial charge in [-0.05, 0) is 62.5 Å². The van der Waals surface area contributed by atoms with Crippen LogP contribution in [-0.2, 0) is 4.79 Å². The largest absolute Gasteiger partial charge is 0.387 e. The average Bonchev–Trinajstić information content (AvgIpc) is 3.40. The smallest absolute Gasteiger partial charge is 0.343 e. The van der Waals surface area contributed by atoms with Gasteiger partial charge in [-0.1, -0.05) is 23.2 Å². The van der Waals surface area contributed by atoms with Crippen LogP contribution in [0.25, 0.3) is 0 Å². The first-order valence-electron chi connectivity index (χ1n) is 11.8. The number of aliphatic hydroxyl groups is 1. The van der Waals surface area contributed by atoms with Crippen LogP contribution in [0.4, 0.5) is 13.6 Å². The summed E-state index contributed by atoms with van der Waals surface area (Å²) in [5.74, 6) is -1.65. The molecule has 0 radical (unpaired) electrons. The van der Waals surface area contributed by atoms with Gasteiger partial charge in [0, 0.05) is 31.0 Å². The zero-order valence-electron chi connectivity index (χ0n) is 18.6. The molecule has 3 atom stereocenters. The Hall–Kier alpha value is -1.77. The molecule has 4 aliphatic rings. The molecular formula is C24H27Cl2F2N3O3. The number of alkyl halides is 1. The Kier molecular flexibility index (Phi) is 6.14. The van der Waals surface area contributed by atoms with Crippen molar-refractivity contribution in [3.63, 3.8) is 0 Å². The van der Waals surface area contributed by atoms with E-state index in [1.165, 1.54) is 12.1 Å². The number of rotatable bonds is 4. The Morgan fingerprint density at radius 1 is 1.21 bits per heavy atom. The molecule has 1 aromatic rings. The van der Waals surface area contributed by atoms with Gasteiger partial charge in [0.25, 0.3) is 0 Å². The summed E-state index contributed by atoms with van der Waals surface area (Å²) in [5.41, 5.74) is -1.62. The maximum atomic E-state index is 15.1. The highest BCUT2D eigenvalue weighted by molar-refractivity contribution is 6.42. The third kappa shape index (κ3) is 4.11. The topological polar surface area (TPSA) is 82.0 Å². The van der Waals surface area contributed by atoms with Gasteiger partial charge in [-0.3, -0.25) is 4.79 Å². The minimum atomic E-state index is -1.31. The number of hydrogen-bond acceptors (Lipinski definition) is 3. The maximum absolute atomic E-state index is 15.1. The van der Waals surface area contributed by atoms with Gasteiger partial charge in [0.2, 0.25) is 5.91 Å². The Morgan fingerprint density at radius 2 is 1.91 bits per heavy atom. The van der Waals surface area contributed by atoms with E-state index in [0.717, 1.165) is 6.42 Å². The normalized spacial score (nSPS) is 34.4. The number of amides is 3. The third-order valence-corrected chi connectivity index (χ3v) is 8.98. The van der Waals surface area contributed by atoms with Gasteiger partial charge >= 0.3 is 6.03 Å². The second kappa shape index (κ2) is 8.71. The standard InChI is InChI=1S/C24H27Cl2F2N3O3/c25-14-2-3-15(27)18(19(14)26)20(23-4-6-24(28,12-23)7-5-23)30-21(33)13-10-16(17(32)11-13)29-22(34)31-8-1-9-31/h2-3,13,17,20,32H,1,4-12H2,(H,30,33)/b29-16-/t13-,17+,20+,23?,24?/m0/s1. The van der Waals surface area contributed by atoms with Crippen molar-refractivity contribution in [2.75, 3.05) is 13.1 Å². The predicted molar refractivity (Wildman–Crippen MR) is 124 cm³/mol. The van der Waals surface area contributed by atoms with E-state index >= 15 is 8.78 Å². The van der Waals surface area contributed by atoms with Gasteiger partial charge in [-0.15, -0.1) is 0 Å². The molecule has 2 N–H and O–H groups in total. The van der Waals surface area contributed by atoms with Gasteiger partial charge in [0.1, 0.15) is 11.5 Å². The molecule has 4 fully saturated rings. The second-order valence-electron chi connectivity index (χ2n) is 10.3. The molecule has 3 amide bonds. The molecule has 34 heavy (non-hydrogen) atoms. The van der Waals surface area contributed by atoms with Gasteiger partial charge in [0.05, 0.1) is 27.9 Å². The summed E-state index contributed by atoms with van der Waals surface area (Å²) in [6.07, 6.45) is 2.10. The molecular weight excluding hydrogens is 487 g/mol. The Balaban J connectivity index is 1.40. The third-order valence-electron chi connectivity index (χ3n) is 8.16. The van der Waals surface area contributed by atoms with Crippen LogP contribution in [0.5, 0.6) is 0 Å². The number of aliphatic hydroxyl groups excluding tert-OH is 1. The van der Waals surface area contributed by atoms with E-state index in [0.29, 0.717) is 38.8 Å². The number of nitrogens with zero attached hydrogens (tertiary/aromatic N) is 2. The summed E-state index contributed by atoms with van der Waals surface area (Å²) in [4.78, 5) is 31.2. The quantitative estimate of drug-likeness (QED) is 0.555. The van der Waals surface area contributed by atoms with Crippen molar-refractivity contribution in [2.45, 2.75) is 69.2 Å². The minimum absolute atomic E-state index is 0.0125. The fraction of sp³-hybridized carbons (Fsp3) is 0.625. The Morgan fingerprint density at radius 3 is 2.50 bits per heavy atom. The first-order chi connectivity index (χ1) is 16.1. The van der Waals surface area contributed by atoms with Crippen LogP contribution in [0.15, 0.2) is 17.1 Å². The number of aliphatic imine (C=N–C) groups is 1. The fourth-order valence-electron chi connectivity index (χ4n) is 6.07. The van der Waals surface area contributed by atoms with E-state index in [4.69, 9.17) is 23.2 Å². The second-order valence-corrected chi connectivity index (χ2v) is 11.1. The van der Waals surface area contributed by atoms with E-state index in [-0.39, 0.29) is 40.6 Å². The number of fused-ring (bicyclic) bond motifs is 2. The average molecular weight is 514 g/mol. The van der Waals surface area contributed by atoms with Crippen LogP contribution in [0, 0.1) is 17.2 Å². The van der Waals surface area contributed by atoms with Crippen LogP contribution in [0.1, 0.15) is 63.0 Å². The lowest BCUT2D eigenvalue weighted by molar-refractivity contribution is -0.126. The number of halogens is 4. The summed E-state index contributed by atoms with van der Waals surface area (Å²) in [7, 11) is 0. The molecule has 2 bridgehead atoms. The first kappa shape index (κ1) is 23.9. The highest BCUT2D eigenvalue weighted by Crippen LogP contribution is 2.64. The molecule has 10 heteroatoms. The SMILES string of the molecule is O=C(N[C@H](c1c(F)ccc(Cl)c1Cl)C12CCC(F)(CC1)C2)[C@H]1C/C(=N/C(=O)N2CCC2)[C@H](O)C1. The molecule has 3 aliphatic carbocycles. The molecule has 0 aromatic heterocycles. The van der Waals surface area contributed by atoms with Crippen molar-refractivity contribution < 1.29 is 23.5 Å². The molecule has 0 spiro atoms. The summed E-state index contributed by atoms with van der Waals surface area (Å²) < 4.78 is 30.2. The van der Waals surface area contributed by atoms with Crippen molar-refractivity contribution in [1.82, 2.24) is 10.2 Å². The van der Waals surface area contributed by atoms with Gasteiger partial charge < -0.3 is 15.3 Å². The summed E-state index contributed by atoms with van der Waals surface area (Å²) in [6, 6.07) is 1.30. The molecule has 1 aromatic carbocycles. The molecule has 1 heterocycles. The van der Waals surface area contributed by atoms with Crippen molar-refractivity contribution in [1.29, 1.82) is 0 Å². The molecule has 6 nitrogen and oxygen atoms in total. The van der Waals surface area contributed by atoms with E-state index in [9.17, 15) is 14.7 Å². The number of carbonyl (C=O) groups is 2. The Labute approximate surface area is 206 Å². The zero-order valence-corrected chi connectivity index (χ0v) is 20.1. The van der Waals surface area contributed by atoms with Gasteiger partial charge in [0.15, 0.2) is 0 Å². The lowest BCUT2D eigenvalue weighted by atomic mass is 9.74. The summed E-state index contributed by atoms with van der Waals surface area (Å²) in [5, 5.41) is 13.5. The van der Waals surface area contributed by atoms with E-state index in [2.05, 4.69) is 10.3 Å². The molecule has 0 unspecified atom stereocenters. The number of benzene rings is 1.